The molecule has 0 aromatic heterocycles. The average molecular weight is 169 g/mol. The second-order valence-corrected chi connectivity index (χ2v) is 5.43. The molecule has 1 nitrogen and oxygen atoms in total. The summed E-state index contributed by atoms with van der Waals surface area (Å²) in [6, 6.07) is 0.724. The van der Waals surface area contributed by atoms with Crippen molar-refractivity contribution in [1.29, 1.82) is 0 Å². The highest BCUT2D eigenvalue weighted by Crippen LogP contribution is 2.28. The molecule has 1 rings (SSSR count). The summed E-state index contributed by atoms with van der Waals surface area (Å²) in [5, 5.41) is 0. The van der Waals surface area contributed by atoms with Crippen LogP contribution < -0.4 is 0 Å². The molecule has 0 amide bonds. The van der Waals surface area contributed by atoms with E-state index in [2.05, 4.69) is 39.5 Å². The number of hydrogen-bond acceptors (Lipinski definition) is 1. The molecule has 1 heteroatoms. The molecule has 1 aliphatic rings. The van der Waals surface area contributed by atoms with Crippen molar-refractivity contribution in [2.24, 2.45) is 11.3 Å². The number of nitrogens with zero attached hydrogens (tertiary/aromatic N) is 1. The van der Waals surface area contributed by atoms with Crippen LogP contribution in [0.3, 0.4) is 0 Å². The van der Waals surface area contributed by atoms with E-state index in [1.807, 2.05) is 0 Å². The van der Waals surface area contributed by atoms with E-state index < -0.39 is 0 Å². The van der Waals surface area contributed by atoms with Crippen molar-refractivity contribution in [2.75, 3.05) is 13.1 Å². The van der Waals surface area contributed by atoms with Crippen LogP contribution in [0.2, 0.25) is 0 Å². The molecule has 0 saturated carbocycles. The van der Waals surface area contributed by atoms with Gasteiger partial charge in [-0.2, -0.15) is 0 Å². The van der Waals surface area contributed by atoms with E-state index in [4.69, 9.17) is 0 Å². The van der Waals surface area contributed by atoms with E-state index >= 15 is 0 Å². The summed E-state index contributed by atoms with van der Waals surface area (Å²) in [6.45, 7) is 14.3. The molecule has 2 atom stereocenters. The van der Waals surface area contributed by atoms with Crippen molar-refractivity contribution in [3.05, 3.63) is 0 Å². The Hall–Kier alpha value is -0.0400. The van der Waals surface area contributed by atoms with Gasteiger partial charge in [-0.05, 0) is 31.2 Å². The average Bonchev–Trinajstić information content (AvgIpc) is 2.32. The van der Waals surface area contributed by atoms with E-state index in [0.717, 1.165) is 12.0 Å². The zero-order chi connectivity index (χ0) is 9.35. The maximum Gasteiger partial charge on any atom is 0.0116 e. The molecule has 1 heterocycles. The summed E-state index contributed by atoms with van der Waals surface area (Å²) in [6.07, 6.45) is 1.39. The standard InChI is InChI=1S/C11H23N/c1-9-6-7-12(8-9)10(2)11(3,4)5/h9-10H,6-8H2,1-5H3/t9-,10+/m1/s1. The predicted octanol–water partition coefficient (Wildman–Crippen LogP) is 2.76. The van der Waals surface area contributed by atoms with Gasteiger partial charge in [-0.25, -0.2) is 0 Å². The third kappa shape index (κ3) is 2.22. The van der Waals surface area contributed by atoms with Gasteiger partial charge in [0, 0.05) is 12.6 Å². The Bertz CT molecular complexity index is 146. The first-order chi connectivity index (χ1) is 5.41. The Kier molecular flexibility index (Phi) is 2.82. The lowest BCUT2D eigenvalue weighted by atomic mass is 9.87. The number of likely N-dealkylation sites (tertiary alicyclic amines) is 1. The normalized spacial score (nSPS) is 29.2. The van der Waals surface area contributed by atoms with Gasteiger partial charge in [0.2, 0.25) is 0 Å². The monoisotopic (exact) mass is 169 g/mol. The molecule has 1 fully saturated rings. The van der Waals surface area contributed by atoms with Crippen LogP contribution in [0, 0.1) is 11.3 Å². The van der Waals surface area contributed by atoms with Crippen LogP contribution in [0.15, 0.2) is 0 Å². The number of hydrogen-bond donors (Lipinski definition) is 0. The van der Waals surface area contributed by atoms with Gasteiger partial charge in [-0.1, -0.05) is 27.7 Å². The van der Waals surface area contributed by atoms with Crippen molar-refractivity contribution in [2.45, 2.75) is 47.1 Å². The lowest BCUT2D eigenvalue weighted by molar-refractivity contribution is 0.136. The van der Waals surface area contributed by atoms with Crippen molar-refractivity contribution < 1.29 is 0 Å². The predicted molar refractivity (Wildman–Crippen MR) is 54.3 cm³/mol. The molecular weight excluding hydrogens is 146 g/mol. The summed E-state index contributed by atoms with van der Waals surface area (Å²) in [5.41, 5.74) is 0.435. The van der Waals surface area contributed by atoms with Gasteiger partial charge in [0.15, 0.2) is 0 Å². The molecule has 0 radical (unpaired) electrons. The third-order valence-corrected chi connectivity index (χ3v) is 3.26. The summed E-state index contributed by atoms with van der Waals surface area (Å²) in [7, 11) is 0. The minimum atomic E-state index is 0.435. The zero-order valence-electron chi connectivity index (χ0n) is 9.22. The van der Waals surface area contributed by atoms with Gasteiger partial charge in [0.25, 0.3) is 0 Å². The fraction of sp³-hybridized carbons (Fsp3) is 1.00. The zero-order valence-corrected chi connectivity index (χ0v) is 9.22. The Morgan fingerprint density at radius 1 is 1.33 bits per heavy atom. The molecule has 0 spiro atoms. The van der Waals surface area contributed by atoms with Crippen LogP contribution in [0.4, 0.5) is 0 Å². The fourth-order valence-corrected chi connectivity index (χ4v) is 1.87. The van der Waals surface area contributed by atoms with E-state index in [-0.39, 0.29) is 0 Å². The van der Waals surface area contributed by atoms with Crippen molar-refractivity contribution in [1.82, 2.24) is 4.90 Å². The molecule has 72 valence electrons. The van der Waals surface area contributed by atoms with Gasteiger partial charge >= 0.3 is 0 Å². The van der Waals surface area contributed by atoms with Gasteiger partial charge < -0.3 is 0 Å². The van der Waals surface area contributed by atoms with Gasteiger partial charge in [0.05, 0.1) is 0 Å². The first-order valence-corrected chi connectivity index (χ1v) is 5.15. The Morgan fingerprint density at radius 3 is 2.25 bits per heavy atom. The summed E-state index contributed by atoms with van der Waals surface area (Å²) < 4.78 is 0. The maximum absolute atomic E-state index is 2.63. The molecule has 1 saturated heterocycles. The minimum Gasteiger partial charge on any atom is -0.300 e. The molecule has 0 N–H and O–H groups in total. The van der Waals surface area contributed by atoms with Crippen molar-refractivity contribution in [3.8, 4) is 0 Å². The molecule has 0 aromatic rings. The number of rotatable bonds is 1. The molecule has 0 aromatic carbocycles. The van der Waals surface area contributed by atoms with E-state index in [1.165, 1.54) is 19.5 Å². The molecule has 1 aliphatic heterocycles. The SMILES string of the molecule is C[C@@H]1CCN([C@@H](C)C(C)(C)C)C1. The van der Waals surface area contributed by atoms with Crippen LogP contribution >= 0.6 is 0 Å². The van der Waals surface area contributed by atoms with E-state index in [9.17, 15) is 0 Å². The van der Waals surface area contributed by atoms with Gasteiger partial charge in [0.1, 0.15) is 0 Å². The van der Waals surface area contributed by atoms with Crippen LogP contribution in [0.5, 0.6) is 0 Å². The second-order valence-electron chi connectivity index (χ2n) is 5.43. The van der Waals surface area contributed by atoms with E-state index in [1.54, 1.807) is 0 Å². The Balaban J connectivity index is 2.48. The van der Waals surface area contributed by atoms with Crippen LogP contribution in [0.1, 0.15) is 41.0 Å². The van der Waals surface area contributed by atoms with Crippen LogP contribution in [0.25, 0.3) is 0 Å². The smallest absolute Gasteiger partial charge is 0.0116 e. The highest BCUT2D eigenvalue weighted by Gasteiger charge is 2.30. The quantitative estimate of drug-likeness (QED) is 0.583. The fourth-order valence-electron chi connectivity index (χ4n) is 1.87. The highest BCUT2D eigenvalue weighted by molar-refractivity contribution is 4.84. The lowest BCUT2D eigenvalue weighted by Gasteiger charge is -2.35. The summed E-state index contributed by atoms with van der Waals surface area (Å²) in [5.74, 6) is 0.912. The lowest BCUT2D eigenvalue weighted by Crippen LogP contribution is -2.40. The largest absolute Gasteiger partial charge is 0.300 e. The first-order valence-electron chi connectivity index (χ1n) is 5.15. The van der Waals surface area contributed by atoms with Crippen molar-refractivity contribution in [3.63, 3.8) is 0 Å². The van der Waals surface area contributed by atoms with Crippen LogP contribution in [-0.4, -0.2) is 24.0 Å². The van der Waals surface area contributed by atoms with Crippen LogP contribution in [-0.2, 0) is 0 Å². The summed E-state index contributed by atoms with van der Waals surface area (Å²) >= 11 is 0. The molecular formula is C11H23N. The third-order valence-electron chi connectivity index (χ3n) is 3.26. The second kappa shape index (κ2) is 3.37. The Morgan fingerprint density at radius 2 is 1.92 bits per heavy atom. The molecule has 0 unspecified atom stereocenters. The first kappa shape index (κ1) is 10.0. The molecule has 0 bridgehead atoms. The maximum atomic E-state index is 2.63. The van der Waals surface area contributed by atoms with Gasteiger partial charge in [-0.3, -0.25) is 4.90 Å². The molecule has 12 heavy (non-hydrogen) atoms. The van der Waals surface area contributed by atoms with E-state index in [0.29, 0.717) is 5.41 Å². The Labute approximate surface area is 77.1 Å². The van der Waals surface area contributed by atoms with Crippen molar-refractivity contribution >= 4 is 0 Å². The highest BCUT2D eigenvalue weighted by atomic mass is 15.2. The van der Waals surface area contributed by atoms with Gasteiger partial charge in [-0.15, -0.1) is 0 Å². The summed E-state index contributed by atoms with van der Waals surface area (Å²) in [4.78, 5) is 2.63. The topological polar surface area (TPSA) is 3.24 Å². The molecule has 0 aliphatic carbocycles. The minimum absolute atomic E-state index is 0.435.